The Labute approximate surface area is 222 Å². The Morgan fingerprint density at radius 3 is 2.14 bits per heavy atom. The Balaban J connectivity index is 2.51. The van der Waals surface area contributed by atoms with Crippen LogP contribution in [0.1, 0.15) is 77.1 Å². The predicted octanol–water partition coefficient (Wildman–Crippen LogP) is 6.16. The summed E-state index contributed by atoms with van der Waals surface area (Å²) < 4.78 is 5.43. The molecule has 0 saturated heterocycles. The molecule has 2 unspecified atom stereocenters. The molecule has 0 bridgehead atoms. The van der Waals surface area contributed by atoms with Gasteiger partial charge < -0.3 is 20.3 Å². The van der Waals surface area contributed by atoms with Crippen LogP contribution >= 0.6 is 0 Å². The zero-order chi connectivity index (χ0) is 27.8. The molecule has 0 radical (unpaired) electrons. The molecule has 3 amide bonds. The lowest BCUT2D eigenvalue weighted by molar-refractivity contribution is -0.141. The monoisotopic (exact) mass is 509 g/mol. The maximum Gasteiger partial charge on any atom is 0.408 e. The summed E-state index contributed by atoms with van der Waals surface area (Å²) in [5.41, 5.74) is 2.69. The van der Waals surface area contributed by atoms with E-state index < -0.39 is 23.8 Å². The molecular formula is C30H43N3O4. The molecule has 0 aliphatic rings. The number of unbranched alkanes of at least 4 members (excludes halogenated alkanes) is 1. The van der Waals surface area contributed by atoms with Gasteiger partial charge in [0.2, 0.25) is 5.91 Å². The molecule has 2 N–H and O–H groups in total. The van der Waals surface area contributed by atoms with E-state index in [1.54, 1.807) is 25.7 Å². The molecule has 37 heavy (non-hydrogen) atoms. The van der Waals surface area contributed by atoms with E-state index in [9.17, 15) is 14.4 Å². The van der Waals surface area contributed by atoms with E-state index in [1.807, 2.05) is 83.1 Å². The molecule has 0 aliphatic carbocycles. The van der Waals surface area contributed by atoms with Crippen LogP contribution in [0, 0.1) is 19.8 Å². The van der Waals surface area contributed by atoms with E-state index in [0.717, 1.165) is 17.5 Å². The summed E-state index contributed by atoms with van der Waals surface area (Å²) in [4.78, 5) is 42.1. The summed E-state index contributed by atoms with van der Waals surface area (Å²) >= 11 is 0. The highest BCUT2D eigenvalue weighted by Crippen LogP contribution is 2.27. The van der Waals surface area contributed by atoms with Crippen LogP contribution in [0.4, 0.5) is 10.5 Å². The third-order valence-corrected chi connectivity index (χ3v) is 6.00. The fourth-order valence-electron chi connectivity index (χ4n) is 3.96. The Bertz CT molecular complexity index is 1060. The first kappa shape index (κ1) is 29.9. The normalized spacial score (nSPS) is 13.0. The van der Waals surface area contributed by atoms with Crippen molar-refractivity contribution in [3.63, 3.8) is 0 Å². The van der Waals surface area contributed by atoms with Crippen molar-refractivity contribution in [2.75, 3.05) is 11.9 Å². The number of aryl methyl sites for hydroxylation is 2. The Hall–Kier alpha value is -3.35. The maximum atomic E-state index is 14.1. The number of amides is 3. The molecule has 2 aromatic rings. The number of hydrogen-bond donors (Lipinski definition) is 2. The SMILES string of the molecule is CCCCN(C(=O)C(NC(=O)OC(C)(C)C)C(C)C)C(C(=O)Nc1ccccc1C)c1ccc(C)cc1. The number of ether oxygens (including phenoxy) is 1. The Kier molecular flexibility index (Phi) is 10.7. The second-order valence-corrected chi connectivity index (χ2v) is 10.9. The predicted molar refractivity (Wildman–Crippen MR) is 148 cm³/mol. The van der Waals surface area contributed by atoms with Crippen LogP contribution in [0.5, 0.6) is 0 Å². The van der Waals surface area contributed by atoms with Crippen molar-refractivity contribution in [3.05, 3.63) is 65.2 Å². The number of hydrogen-bond acceptors (Lipinski definition) is 4. The number of rotatable bonds is 10. The van der Waals surface area contributed by atoms with Gasteiger partial charge in [0.15, 0.2) is 0 Å². The minimum atomic E-state index is -0.874. The van der Waals surface area contributed by atoms with Crippen LogP contribution in [0.25, 0.3) is 0 Å². The van der Waals surface area contributed by atoms with Crippen LogP contribution < -0.4 is 10.6 Å². The van der Waals surface area contributed by atoms with Gasteiger partial charge in [-0.1, -0.05) is 75.2 Å². The largest absolute Gasteiger partial charge is 0.444 e. The highest BCUT2D eigenvalue weighted by atomic mass is 16.6. The first-order valence-electron chi connectivity index (χ1n) is 13.1. The second-order valence-electron chi connectivity index (χ2n) is 10.9. The quantitative estimate of drug-likeness (QED) is 0.401. The van der Waals surface area contributed by atoms with Gasteiger partial charge >= 0.3 is 6.09 Å². The number of para-hydroxylation sites is 1. The highest BCUT2D eigenvalue weighted by molar-refractivity contribution is 5.99. The van der Waals surface area contributed by atoms with E-state index in [4.69, 9.17) is 4.74 Å². The van der Waals surface area contributed by atoms with Crippen LogP contribution in [-0.2, 0) is 14.3 Å². The standard InChI is InChI=1S/C30H43N3O4/c1-9-10-19-33(28(35)25(20(2)3)32-29(36)37-30(6,7)8)26(23-17-15-21(4)16-18-23)27(34)31-24-14-12-11-13-22(24)5/h11-18,20,25-26H,9-10,19H2,1-8H3,(H,31,34)(H,32,36). The van der Waals surface area contributed by atoms with Crippen molar-refractivity contribution >= 4 is 23.6 Å². The van der Waals surface area contributed by atoms with E-state index >= 15 is 0 Å². The van der Waals surface area contributed by atoms with Crippen molar-refractivity contribution in [2.24, 2.45) is 5.92 Å². The van der Waals surface area contributed by atoms with Gasteiger partial charge in [-0.25, -0.2) is 4.79 Å². The van der Waals surface area contributed by atoms with E-state index in [-0.39, 0.29) is 17.7 Å². The minimum absolute atomic E-state index is 0.220. The molecule has 202 valence electrons. The molecule has 0 aromatic heterocycles. The number of carbonyl (C=O) groups is 3. The van der Waals surface area contributed by atoms with Gasteiger partial charge in [0, 0.05) is 12.2 Å². The van der Waals surface area contributed by atoms with E-state index in [2.05, 4.69) is 10.6 Å². The number of nitrogens with one attached hydrogen (secondary N) is 2. The minimum Gasteiger partial charge on any atom is -0.444 e. The zero-order valence-electron chi connectivity index (χ0n) is 23.6. The molecule has 7 heteroatoms. The van der Waals surface area contributed by atoms with Gasteiger partial charge in [0.05, 0.1) is 0 Å². The van der Waals surface area contributed by atoms with Gasteiger partial charge in [-0.15, -0.1) is 0 Å². The number of anilines is 1. The number of carbonyl (C=O) groups excluding carboxylic acids is 3. The summed E-state index contributed by atoms with van der Waals surface area (Å²) in [6.45, 7) is 15.4. The Morgan fingerprint density at radius 2 is 1.59 bits per heavy atom. The fourth-order valence-corrected chi connectivity index (χ4v) is 3.96. The van der Waals surface area contributed by atoms with E-state index in [0.29, 0.717) is 24.2 Å². The highest BCUT2D eigenvalue weighted by Gasteiger charge is 2.37. The fraction of sp³-hybridized carbons (Fsp3) is 0.500. The summed E-state index contributed by atoms with van der Waals surface area (Å²) in [6, 6.07) is 13.5. The van der Waals surface area contributed by atoms with Gasteiger partial charge in [0.1, 0.15) is 17.7 Å². The van der Waals surface area contributed by atoms with Gasteiger partial charge in [-0.05, 0) is 64.2 Å². The van der Waals surface area contributed by atoms with Crippen LogP contribution in [0.3, 0.4) is 0 Å². The number of benzene rings is 2. The molecule has 0 saturated carbocycles. The molecular weight excluding hydrogens is 466 g/mol. The van der Waals surface area contributed by atoms with E-state index in [1.165, 1.54) is 0 Å². The van der Waals surface area contributed by atoms with Gasteiger partial charge in [0.25, 0.3) is 5.91 Å². The molecule has 7 nitrogen and oxygen atoms in total. The average Bonchev–Trinajstić information content (AvgIpc) is 2.80. The van der Waals surface area contributed by atoms with Crippen LogP contribution in [-0.4, -0.2) is 41.0 Å². The number of nitrogens with zero attached hydrogens (tertiary/aromatic N) is 1. The van der Waals surface area contributed by atoms with Gasteiger partial charge in [-0.2, -0.15) is 0 Å². The molecule has 0 heterocycles. The van der Waals surface area contributed by atoms with Crippen molar-refractivity contribution in [1.82, 2.24) is 10.2 Å². The van der Waals surface area contributed by atoms with Crippen molar-refractivity contribution in [3.8, 4) is 0 Å². The van der Waals surface area contributed by atoms with Gasteiger partial charge in [-0.3, -0.25) is 9.59 Å². The van der Waals surface area contributed by atoms with Crippen molar-refractivity contribution in [2.45, 2.75) is 85.9 Å². The van der Waals surface area contributed by atoms with Crippen LogP contribution in [0.15, 0.2) is 48.5 Å². The average molecular weight is 510 g/mol. The first-order valence-corrected chi connectivity index (χ1v) is 13.1. The second kappa shape index (κ2) is 13.3. The molecule has 0 fully saturated rings. The third kappa shape index (κ3) is 8.92. The lowest BCUT2D eigenvalue weighted by Crippen LogP contribution is -2.54. The Morgan fingerprint density at radius 1 is 0.973 bits per heavy atom. The zero-order valence-corrected chi connectivity index (χ0v) is 23.6. The molecule has 0 spiro atoms. The summed E-state index contributed by atoms with van der Waals surface area (Å²) in [5, 5.41) is 5.79. The summed E-state index contributed by atoms with van der Waals surface area (Å²) in [5.74, 6) is -0.843. The molecule has 0 aliphatic heterocycles. The summed E-state index contributed by atoms with van der Waals surface area (Å²) in [6.07, 6.45) is 0.893. The third-order valence-electron chi connectivity index (χ3n) is 6.00. The maximum absolute atomic E-state index is 14.1. The molecule has 2 rings (SSSR count). The molecule has 2 aromatic carbocycles. The van der Waals surface area contributed by atoms with Crippen molar-refractivity contribution < 1.29 is 19.1 Å². The topological polar surface area (TPSA) is 87.7 Å². The summed E-state index contributed by atoms with van der Waals surface area (Å²) in [7, 11) is 0. The lowest BCUT2D eigenvalue weighted by atomic mass is 9.97. The first-order chi connectivity index (χ1) is 17.3. The lowest BCUT2D eigenvalue weighted by Gasteiger charge is -2.35. The molecule has 2 atom stereocenters. The van der Waals surface area contributed by atoms with Crippen LogP contribution in [0.2, 0.25) is 0 Å². The smallest absolute Gasteiger partial charge is 0.408 e. The van der Waals surface area contributed by atoms with Crippen molar-refractivity contribution in [1.29, 1.82) is 0 Å². The number of alkyl carbamates (subject to hydrolysis) is 1.